The first-order valence-corrected chi connectivity index (χ1v) is 13.8. The Morgan fingerprint density at radius 1 is 1.15 bits per heavy atom. The van der Waals surface area contributed by atoms with Gasteiger partial charge in [0, 0.05) is 0 Å². The van der Waals surface area contributed by atoms with E-state index in [0.717, 1.165) is 25.9 Å². The fraction of sp³-hybridized carbons (Fsp3) is 0.429. The molecule has 0 fully saturated rings. The van der Waals surface area contributed by atoms with Gasteiger partial charge in [0.2, 0.25) is 0 Å². The van der Waals surface area contributed by atoms with Crippen LogP contribution in [0.3, 0.4) is 0 Å². The van der Waals surface area contributed by atoms with Crippen LogP contribution < -0.4 is 24.8 Å². The number of benzene rings is 1. The van der Waals surface area contributed by atoms with Crippen LogP contribution in [0.15, 0.2) is 53.1 Å². The van der Waals surface area contributed by atoms with E-state index in [-0.39, 0.29) is 24.8 Å². The fourth-order valence-corrected chi connectivity index (χ4v) is 5.39. The first-order chi connectivity index (χ1) is 11.4. The normalized spacial score (nSPS) is 18.8. The monoisotopic (exact) mass is 483 g/mol. The molecule has 0 radical (unpaired) electrons. The fourth-order valence-electron chi connectivity index (χ4n) is 3.66. The third kappa shape index (κ3) is 5.32. The van der Waals surface area contributed by atoms with Crippen molar-refractivity contribution in [2.45, 2.75) is 49.5 Å². The van der Waals surface area contributed by atoms with Crippen LogP contribution in [0.25, 0.3) is 5.57 Å². The first kappa shape index (κ1) is 24.1. The van der Waals surface area contributed by atoms with E-state index in [1.54, 1.807) is 41.4 Å². The van der Waals surface area contributed by atoms with Crippen molar-refractivity contribution in [1.82, 2.24) is 0 Å². The number of hydrogen-bond acceptors (Lipinski definition) is 1. The van der Waals surface area contributed by atoms with Crippen LogP contribution in [-0.2, 0) is 29.1 Å². The van der Waals surface area contributed by atoms with Crippen molar-refractivity contribution in [3.63, 3.8) is 0 Å². The van der Waals surface area contributed by atoms with Crippen LogP contribution in [0.1, 0.15) is 40.9 Å². The van der Waals surface area contributed by atoms with E-state index >= 15 is 0 Å². The second-order valence-corrected chi connectivity index (χ2v) is 13.7. The summed E-state index contributed by atoms with van der Waals surface area (Å²) < 4.78 is 6.66. The second kappa shape index (κ2) is 10.0. The van der Waals surface area contributed by atoms with E-state index < -0.39 is 8.32 Å². The minimum atomic E-state index is -1.38. The molecule has 26 heavy (non-hydrogen) atoms. The van der Waals surface area contributed by atoms with Crippen LogP contribution in [-0.4, -0.2) is 14.9 Å². The molecule has 1 nitrogen and oxygen atoms in total. The Labute approximate surface area is 187 Å². The zero-order valence-corrected chi connectivity index (χ0v) is 21.0. The molecular weight excluding hydrogens is 458 g/mol. The van der Waals surface area contributed by atoms with Crippen LogP contribution >= 0.6 is 0 Å². The maximum atomic E-state index is 6.03. The van der Waals surface area contributed by atoms with Gasteiger partial charge < -0.3 is 24.8 Å². The average Bonchev–Trinajstić information content (AvgIpc) is 3.07. The van der Waals surface area contributed by atoms with Crippen molar-refractivity contribution >= 4 is 13.9 Å². The third-order valence-electron chi connectivity index (χ3n) is 4.82. The maximum absolute atomic E-state index is 6.03. The summed E-state index contributed by atoms with van der Waals surface area (Å²) in [7, 11) is -1.38. The molecule has 1 atom stereocenters. The maximum Gasteiger partial charge on any atom is -1.00 e. The Balaban J connectivity index is 0.00000169. The summed E-state index contributed by atoms with van der Waals surface area (Å²) in [4.78, 5) is 0. The van der Waals surface area contributed by atoms with Gasteiger partial charge in [-0.3, -0.25) is 0 Å². The van der Waals surface area contributed by atoms with E-state index in [9.17, 15) is 0 Å². The molecule has 1 aromatic carbocycles. The van der Waals surface area contributed by atoms with Gasteiger partial charge in [-0.15, -0.1) is 0 Å². The Hall–Kier alpha value is 0.0800. The van der Waals surface area contributed by atoms with Gasteiger partial charge >= 0.3 is 163 Å². The van der Waals surface area contributed by atoms with Crippen molar-refractivity contribution in [3.8, 4) is 0 Å². The zero-order valence-electron chi connectivity index (χ0n) is 16.0. The minimum Gasteiger partial charge on any atom is -1.00 e. The van der Waals surface area contributed by atoms with Gasteiger partial charge in [-0.25, -0.2) is 0 Å². The number of rotatable bonds is 6. The summed E-state index contributed by atoms with van der Waals surface area (Å²) in [5.74, 6) is 0. The van der Waals surface area contributed by atoms with Crippen LogP contribution in [0.2, 0.25) is 19.6 Å². The zero-order chi connectivity index (χ0) is 17.3. The molecule has 2 aliphatic carbocycles. The second-order valence-electron chi connectivity index (χ2n) is 7.75. The van der Waals surface area contributed by atoms with E-state index in [0.29, 0.717) is 3.63 Å². The van der Waals surface area contributed by atoms with Crippen LogP contribution in [0, 0.1) is 0 Å². The number of allylic oxidation sites excluding steroid dienone is 6. The minimum absolute atomic E-state index is 0. The van der Waals surface area contributed by atoms with Gasteiger partial charge in [-0.05, 0) is 0 Å². The number of halogens is 2. The van der Waals surface area contributed by atoms with Gasteiger partial charge in [-0.1, -0.05) is 0 Å². The van der Waals surface area contributed by atoms with E-state index in [4.69, 9.17) is 4.43 Å². The smallest absolute Gasteiger partial charge is 1.00 e. The molecule has 0 N–H and O–H groups in total. The Bertz CT molecular complexity index is 732. The summed E-state index contributed by atoms with van der Waals surface area (Å²) in [6.07, 6.45) is 8.04. The van der Waals surface area contributed by atoms with Crippen molar-refractivity contribution in [1.29, 1.82) is 0 Å². The summed E-state index contributed by atoms with van der Waals surface area (Å²) in [6, 6.07) is 9.00. The van der Waals surface area contributed by atoms with Gasteiger partial charge in [-0.2, -0.15) is 0 Å². The molecule has 0 aliphatic heterocycles. The molecule has 0 spiro atoms. The summed E-state index contributed by atoms with van der Waals surface area (Å²) in [5, 5.41) is 0. The Morgan fingerprint density at radius 2 is 1.85 bits per heavy atom. The van der Waals surface area contributed by atoms with Crippen LogP contribution in [0.5, 0.6) is 0 Å². The summed E-state index contributed by atoms with van der Waals surface area (Å²) in [5.41, 5.74) is 9.22. The third-order valence-corrected chi connectivity index (χ3v) is 7.72. The molecule has 3 rings (SSSR count). The Morgan fingerprint density at radius 3 is 2.54 bits per heavy atom. The first-order valence-electron chi connectivity index (χ1n) is 8.92. The standard InChI is InChI=1S/C21H27OSi.2ClH.Zr/c1-16-15-18-9-5-6-12-20(18)21(16)19-13-7-10-17(19)11-8-14-22-23(2,3)4;;;/h5-7,9-10,12,15H,8,11,13-14H2,1-4H3;2*1H;/q;;;+2/p-2. The van der Waals surface area contributed by atoms with Gasteiger partial charge in [0.1, 0.15) is 0 Å². The van der Waals surface area contributed by atoms with Gasteiger partial charge in [0.25, 0.3) is 0 Å². The van der Waals surface area contributed by atoms with E-state index in [1.807, 2.05) is 0 Å². The quantitative estimate of drug-likeness (QED) is 0.406. The largest absolute Gasteiger partial charge is 1.00 e. The molecule has 0 bridgehead atoms. The molecule has 0 heterocycles. The van der Waals surface area contributed by atoms with Crippen molar-refractivity contribution in [3.05, 3.63) is 64.3 Å². The van der Waals surface area contributed by atoms with E-state index in [2.05, 4.69) is 63.0 Å². The molecular formula is C21H27Cl2OSiZr. The Kier molecular flexibility index (Phi) is 9.30. The van der Waals surface area contributed by atoms with Gasteiger partial charge in [0.05, 0.1) is 0 Å². The summed E-state index contributed by atoms with van der Waals surface area (Å²) >= 11 is 1.60. The molecule has 0 amide bonds. The van der Waals surface area contributed by atoms with E-state index in [1.165, 1.54) is 16.7 Å². The molecule has 5 heteroatoms. The topological polar surface area (TPSA) is 9.23 Å². The molecule has 0 saturated carbocycles. The van der Waals surface area contributed by atoms with Crippen molar-refractivity contribution in [2.75, 3.05) is 6.61 Å². The molecule has 1 aromatic rings. The summed E-state index contributed by atoms with van der Waals surface area (Å²) in [6.45, 7) is 10.0. The molecule has 139 valence electrons. The molecule has 0 saturated heterocycles. The predicted octanol–water partition coefficient (Wildman–Crippen LogP) is -0.0422. The van der Waals surface area contributed by atoms with Crippen molar-refractivity contribution in [2.24, 2.45) is 0 Å². The van der Waals surface area contributed by atoms with Crippen LogP contribution in [0.4, 0.5) is 0 Å². The van der Waals surface area contributed by atoms with Crippen molar-refractivity contribution < 1.29 is 54.0 Å². The SMILES string of the molecule is CC1=C(C2=C(CCCO[Si](C)(C)C)C=CC2)c2ccccc2[CH]1[Zr+2].[Cl-].[Cl-]. The predicted molar refractivity (Wildman–Crippen MR) is 101 cm³/mol. The molecule has 0 aromatic heterocycles. The molecule has 2 aliphatic rings. The number of hydrogen-bond donors (Lipinski definition) is 0. The molecule has 1 unspecified atom stereocenters. The average molecular weight is 486 g/mol. The van der Waals surface area contributed by atoms with Gasteiger partial charge in [0.15, 0.2) is 0 Å². The number of fused-ring (bicyclic) bond motifs is 1.